The van der Waals surface area contributed by atoms with Gasteiger partial charge in [-0.25, -0.2) is 4.39 Å². The third-order valence-corrected chi connectivity index (χ3v) is 3.15. The Hall–Kier alpha value is -1.45. The lowest BCUT2D eigenvalue weighted by Gasteiger charge is -2.19. The molecule has 0 spiro atoms. The summed E-state index contributed by atoms with van der Waals surface area (Å²) in [5.74, 6) is -0.278. The predicted molar refractivity (Wildman–Crippen MR) is 63.5 cm³/mol. The molecule has 3 nitrogen and oxygen atoms in total. The van der Waals surface area contributed by atoms with Crippen LogP contribution in [-0.4, -0.2) is 23.1 Å². The molecule has 0 bridgehead atoms. The Kier molecular flexibility index (Phi) is 4.07. The number of nitrogens with zero attached hydrogens (tertiary/aromatic N) is 1. The Morgan fingerprint density at radius 1 is 1.29 bits per heavy atom. The highest BCUT2D eigenvalue weighted by Crippen LogP contribution is 2.20. The van der Waals surface area contributed by atoms with Crippen LogP contribution in [0, 0.1) is 0 Å². The summed E-state index contributed by atoms with van der Waals surface area (Å²) in [6, 6.07) is 4.79. The molecule has 2 rings (SSSR count). The minimum absolute atomic E-state index is 0.278. The van der Waals surface area contributed by atoms with E-state index in [9.17, 15) is 9.18 Å². The standard InChI is InChI=1S/C13H17FN2O/c14-10-6-2-1-3-7-11(10)16-13(17)12-8-4-5-9-15-12/h4-5,8-11H,1-3,6-7H2,(H,16,17)/t10-,11-/m1/s1. The molecule has 0 saturated heterocycles. The van der Waals surface area contributed by atoms with Crippen LogP contribution < -0.4 is 5.32 Å². The van der Waals surface area contributed by atoms with E-state index in [4.69, 9.17) is 0 Å². The summed E-state index contributed by atoms with van der Waals surface area (Å²) in [7, 11) is 0. The van der Waals surface area contributed by atoms with Crippen molar-refractivity contribution in [1.29, 1.82) is 0 Å². The van der Waals surface area contributed by atoms with Gasteiger partial charge < -0.3 is 5.32 Å². The zero-order valence-electron chi connectivity index (χ0n) is 9.73. The van der Waals surface area contributed by atoms with Crippen LogP contribution in [0.5, 0.6) is 0 Å². The summed E-state index contributed by atoms with van der Waals surface area (Å²) < 4.78 is 13.7. The fraction of sp³-hybridized carbons (Fsp3) is 0.538. The second kappa shape index (κ2) is 5.75. The van der Waals surface area contributed by atoms with E-state index >= 15 is 0 Å². The zero-order valence-corrected chi connectivity index (χ0v) is 9.73. The molecule has 1 amide bonds. The fourth-order valence-corrected chi connectivity index (χ4v) is 2.16. The third kappa shape index (κ3) is 3.25. The van der Waals surface area contributed by atoms with Gasteiger partial charge in [0.15, 0.2) is 0 Å². The molecule has 1 saturated carbocycles. The number of amides is 1. The van der Waals surface area contributed by atoms with Gasteiger partial charge in [0, 0.05) is 6.20 Å². The molecule has 0 radical (unpaired) electrons. The van der Waals surface area contributed by atoms with Crippen molar-refractivity contribution in [2.24, 2.45) is 0 Å². The molecule has 2 atom stereocenters. The van der Waals surface area contributed by atoms with E-state index in [0.29, 0.717) is 12.1 Å². The topological polar surface area (TPSA) is 42.0 Å². The first kappa shape index (κ1) is 12.0. The number of carbonyl (C=O) groups excluding carboxylic acids is 1. The highest BCUT2D eigenvalue weighted by Gasteiger charge is 2.25. The molecule has 1 aromatic rings. The van der Waals surface area contributed by atoms with Crippen molar-refractivity contribution in [2.75, 3.05) is 0 Å². The van der Waals surface area contributed by atoms with Gasteiger partial charge in [-0.2, -0.15) is 0 Å². The Balaban J connectivity index is 1.98. The Bertz CT molecular complexity index is 369. The van der Waals surface area contributed by atoms with Gasteiger partial charge in [0.25, 0.3) is 5.91 Å². The number of hydrogen-bond donors (Lipinski definition) is 1. The normalized spacial score (nSPS) is 25.0. The van der Waals surface area contributed by atoms with Crippen LogP contribution in [0.25, 0.3) is 0 Å². The summed E-state index contributed by atoms with van der Waals surface area (Å²) >= 11 is 0. The number of halogens is 1. The van der Waals surface area contributed by atoms with Gasteiger partial charge in [-0.05, 0) is 25.0 Å². The quantitative estimate of drug-likeness (QED) is 0.801. The van der Waals surface area contributed by atoms with E-state index in [1.165, 1.54) is 0 Å². The van der Waals surface area contributed by atoms with Crippen LogP contribution >= 0.6 is 0 Å². The van der Waals surface area contributed by atoms with Crippen molar-refractivity contribution in [1.82, 2.24) is 10.3 Å². The number of nitrogens with one attached hydrogen (secondary N) is 1. The summed E-state index contributed by atoms with van der Waals surface area (Å²) in [6.07, 6.45) is 4.85. The van der Waals surface area contributed by atoms with Gasteiger partial charge >= 0.3 is 0 Å². The van der Waals surface area contributed by atoms with Gasteiger partial charge in [0.2, 0.25) is 0 Å². The number of rotatable bonds is 2. The summed E-state index contributed by atoms with van der Waals surface area (Å²) in [5.41, 5.74) is 0.351. The maximum Gasteiger partial charge on any atom is 0.270 e. The van der Waals surface area contributed by atoms with Gasteiger partial charge in [0.05, 0.1) is 6.04 Å². The van der Waals surface area contributed by atoms with Crippen molar-refractivity contribution in [3.63, 3.8) is 0 Å². The van der Waals surface area contributed by atoms with Crippen molar-refractivity contribution in [3.05, 3.63) is 30.1 Å². The Morgan fingerprint density at radius 3 is 2.88 bits per heavy atom. The van der Waals surface area contributed by atoms with E-state index in [1.54, 1.807) is 24.4 Å². The highest BCUT2D eigenvalue weighted by molar-refractivity contribution is 5.92. The Labute approximate surface area is 100 Å². The first-order valence-electron chi connectivity index (χ1n) is 6.13. The second-order valence-corrected chi connectivity index (χ2v) is 4.45. The lowest BCUT2D eigenvalue weighted by molar-refractivity contribution is 0.0900. The first-order valence-corrected chi connectivity index (χ1v) is 6.13. The van der Waals surface area contributed by atoms with Crippen LogP contribution in [-0.2, 0) is 0 Å². The van der Waals surface area contributed by atoms with Gasteiger partial charge in [0.1, 0.15) is 11.9 Å². The molecular formula is C13H17FN2O. The van der Waals surface area contributed by atoms with Crippen LogP contribution in [0.2, 0.25) is 0 Å². The molecule has 1 N–H and O–H groups in total. The maximum atomic E-state index is 13.7. The largest absolute Gasteiger partial charge is 0.345 e. The smallest absolute Gasteiger partial charge is 0.270 e. The van der Waals surface area contributed by atoms with E-state index in [1.807, 2.05) is 0 Å². The SMILES string of the molecule is O=C(N[C@@H]1CCCCC[C@H]1F)c1ccccn1. The van der Waals surface area contributed by atoms with E-state index in [0.717, 1.165) is 25.7 Å². The average Bonchev–Trinajstić information content (AvgIpc) is 2.56. The molecule has 1 heterocycles. The molecule has 0 aromatic carbocycles. The van der Waals surface area contributed by atoms with Crippen LogP contribution in [0.4, 0.5) is 4.39 Å². The van der Waals surface area contributed by atoms with E-state index < -0.39 is 6.17 Å². The maximum absolute atomic E-state index is 13.7. The lowest BCUT2D eigenvalue weighted by Crippen LogP contribution is -2.41. The number of pyridine rings is 1. The minimum atomic E-state index is -0.926. The van der Waals surface area contributed by atoms with Crippen molar-refractivity contribution < 1.29 is 9.18 Å². The van der Waals surface area contributed by atoms with Crippen molar-refractivity contribution in [2.45, 2.75) is 44.3 Å². The molecule has 1 aliphatic carbocycles. The van der Waals surface area contributed by atoms with Crippen LogP contribution in [0.1, 0.15) is 42.6 Å². The average molecular weight is 236 g/mol. The molecule has 1 aromatic heterocycles. The number of hydrogen-bond acceptors (Lipinski definition) is 2. The van der Waals surface area contributed by atoms with Gasteiger partial charge in [-0.15, -0.1) is 0 Å². The first-order chi connectivity index (χ1) is 8.27. The predicted octanol–water partition coefficient (Wildman–Crippen LogP) is 2.48. The van der Waals surface area contributed by atoms with Crippen LogP contribution in [0.3, 0.4) is 0 Å². The highest BCUT2D eigenvalue weighted by atomic mass is 19.1. The molecular weight excluding hydrogens is 219 g/mol. The number of carbonyl (C=O) groups is 1. The molecule has 4 heteroatoms. The summed E-state index contributed by atoms with van der Waals surface area (Å²) in [4.78, 5) is 15.8. The number of alkyl halides is 1. The fourth-order valence-electron chi connectivity index (χ4n) is 2.16. The Morgan fingerprint density at radius 2 is 2.12 bits per heavy atom. The molecule has 1 aliphatic rings. The van der Waals surface area contributed by atoms with E-state index in [2.05, 4.69) is 10.3 Å². The molecule has 92 valence electrons. The van der Waals surface area contributed by atoms with E-state index in [-0.39, 0.29) is 11.9 Å². The van der Waals surface area contributed by atoms with Crippen molar-refractivity contribution in [3.8, 4) is 0 Å². The summed E-state index contributed by atoms with van der Waals surface area (Å²) in [5, 5.41) is 2.75. The number of aromatic nitrogens is 1. The van der Waals surface area contributed by atoms with Gasteiger partial charge in [-0.3, -0.25) is 9.78 Å². The third-order valence-electron chi connectivity index (χ3n) is 3.15. The molecule has 0 unspecified atom stereocenters. The van der Waals surface area contributed by atoms with Crippen LogP contribution in [0.15, 0.2) is 24.4 Å². The van der Waals surface area contributed by atoms with Gasteiger partial charge in [-0.1, -0.05) is 25.3 Å². The summed E-state index contributed by atoms with van der Waals surface area (Å²) in [6.45, 7) is 0. The lowest BCUT2D eigenvalue weighted by atomic mass is 10.1. The molecule has 1 fully saturated rings. The zero-order chi connectivity index (χ0) is 12.1. The molecule has 17 heavy (non-hydrogen) atoms. The second-order valence-electron chi connectivity index (χ2n) is 4.45. The monoisotopic (exact) mass is 236 g/mol. The molecule has 0 aliphatic heterocycles. The van der Waals surface area contributed by atoms with Crippen molar-refractivity contribution >= 4 is 5.91 Å². The minimum Gasteiger partial charge on any atom is -0.345 e.